The molecule has 2 aliphatic rings. The minimum Gasteiger partial charge on any atom is -0.299 e. The highest BCUT2D eigenvalue weighted by molar-refractivity contribution is 5.82. The van der Waals surface area contributed by atoms with Crippen LogP contribution in [0, 0.1) is 19.8 Å². The smallest absolute Gasteiger partial charge is 0.137 e. The van der Waals surface area contributed by atoms with Crippen molar-refractivity contribution in [2.45, 2.75) is 65.0 Å². The summed E-state index contributed by atoms with van der Waals surface area (Å²) < 4.78 is 0. The highest BCUT2D eigenvalue weighted by Crippen LogP contribution is 2.33. The van der Waals surface area contributed by atoms with Gasteiger partial charge >= 0.3 is 0 Å². The maximum absolute atomic E-state index is 12.3. The topological polar surface area (TPSA) is 20.3 Å². The summed E-state index contributed by atoms with van der Waals surface area (Å²) in [4.78, 5) is 14.8. The van der Waals surface area contributed by atoms with Crippen LogP contribution in [0.2, 0.25) is 0 Å². The number of hydrogen-bond donors (Lipinski definition) is 0. The van der Waals surface area contributed by atoms with Gasteiger partial charge in [-0.1, -0.05) is 24.6 Å². The van der Waals surface area contributed by atoms with Crippen LogP contribution in [0.3, 0.4) is 0 Å². The Morgan fingerprint density at radius 1 is 1.10 bits per heavy atom. The van der Waals surface area contributed by atoms with Crippen molar-refractivity contribution in [3.63, 3.8) is 0 Å². The first-order chi connectivity index (χ1) is 10.1. The van der Waals surface area contributed by atoms with Gasteiger partial charge in [-0.25, -0.2) is 0 Å². The largest absolute Gasteiger partial charge is 0.299 e. The first-order valence-corrected chi connectivity index (χ1v) is 8.48. The quantitative estimate of drug-likeness (QED) is 0.836. The first kappa shape index (κ1) is 14.8. The van der Waals surface area contributed by atoms with Crippen molar-refractivity contribution in [1.29, 1.82) is 0 Å². The van der Waals surface area contributed by atoms with Gasteiger partial charge in [0.15, 0.2) is 0 Å². The maximum atomic E-state index is 12.3. The second-order valence-electron chi connectivity index (χ2n) is 6.92. The van der Waals surface area contributed by atoms with Gasteiger partial charge in [0.2, 0.25) is 0 Å². The molecule has 2 unspecified atom stereocenters. The molecule has 3 rings (SSSR count). The lowest BCUT2D eigenvalue weighted by Gasteiger charge is -2.33. The van der Waals surface area contributed by atoms with Gasteiger partial charge in [0.05, 0.1) is 0 Å². The third-order valence-electron chi connectivity index (χ3n) is 5.44. The monoisotopic (exact) mass is 285 g/mol. The summed E-state index contributed by atoms with van der Waals surface area (Å²) in [7, 11) is 0. The molecule has 0 amide bonds. The molecule has 0 N–H and O–H groups in total. The van der Waals surface area contributed by atoms with E-state index >= 15 is 0 Å². The number of carbonyl (C=O) groups is 1. The SMILES string of the molecule is Cc1ccc(CN2CCCC2C2CCCCC2=O)cc1C. The normalized spacial score (nSPS) is 27.2. The lowest BCUT2D eigenvalue weighted by atomic mass is 9.81. The molecule has 0 aromatic heterocycles. The highest BCUT2D eigenvalue weighted by Gasteiger charge is 2.36. The minimum absolute atomic E-state index is 0.313. The maximum Gasteiger partial charge on any atom is 0.137 e. The summed E-state index contributed by atoms with van der Waals surface area (Å²) in [6, 6.07) is 7.29. The predicted molar refractivity (Wildman–Crippen MR) is 86.3 cm³/mol. The van der Waals surface area contributed by atoms with Gasteiger partial charge in [-0.15, -0.1) is 0 Å². The average Bonchev–Trinajstić information content (AvgIpc) is 2.91. The van der Waals surface area contributed by atoms with E-state index in [1.165, 1.54) is 36.0 Å². The Labute approximate surface area is 128 Å². The summed E-state index contributed by atoms with van der Waals surface area (Å²) in [6.07, 6.45) is 6.75. The van der Waals surface area contributed by atoms with E-state index < -0.39 is 0 Å². The fourth-order valence-electron chi connectivity index (χ4n) is 4.06. The molecular weight excluding hydrogens is 258 g/mol. The van der Waals surface area contributed by atoms with Gasteiger partial charge in [-0.05, 0) is 62.8 Å². The number of hydrogen-bond acceptors (Lipinski definition) is 2. The zero-order chi connectivity index (χ0) is 14.8. The Hall–Kier alpha value is -1.15. The van der Waals surface area contributed by atoms with Crippen LogP contribution in [-0.4, -0.2) is 23.3 Å². The molecule has 2 atom stereocenters. The van der Waals surface area contributed by atoms with Crippen molar-refractivity contribution in [2.75, 3.05) is 6.54 Å². The molecule has 1 aliphatic carbocycles. The standard InChI is InChI=1S/C19H27NO/c1-14-9-10-16(12-15(14)2)13-20-11-5-7-18(20)17-6-3-4-8-19(17)21/h9-10,12,17-18H,3-8,11,13H2,1-2H3. The van der Waals surface area contributed by atoms with E-state index in [1.807, 2.05) is 0 Å². The number of carbonyl (C=O) groups excluding carboxylic acids is 1. The fourth-order valence-corrected chi connectivity index (χ4v) is 4.06. The van der Waals surface area contributed by atoms with Crippen LogP contribution >= 0.6 is 0 Å². The number of ketones is 1. The van der Waals surface area contributed by atoms with E-state index in [9.17, 15) is 4.79 Å². The molecule has 1 aliphatic heterocycles. The van der Waals surface area contributed by atoms with Crippen molar-refractivity contribution in [1.82, 2.24) is 4.90 Å². The van der Waals surface area contributed by atoms with Gasteiger partial charge in [-0.2, -0.15) is 0 Å². The molecule has 1 aromatic rings. The lowest BCUT2D eigenvalue weighted by molar-refractivity contribution is -0.126. The van der Waals surface area contributed by atoms with Crippen LogP contribution in [0.15, 0.2) is 18.2 Å². The van der Waals surface area contributed by atoms with Crippen LogP contribution in [0.4, 0.5) is 0 Å². The Kier molecular flexibility index (Phi) is 4.44. The van der Waals surface area contributed by atoms with E-state index in [2.05, 4.69) is 36.9 Å². The van der Waals surface area contributed by atoms with Crippen molar-refractivity contribution in [3.05, 3.63) is 34.9 Å². The van der Waals surface area contributed by atoms with Crippen molar-refractivity contribution in [2.24, 2.45) is 5.92 Å². The van der Waals surface area contributed by atoms with Crippen LogP contribution in [-0.2, 0) is 11.3 Å². The third-order valence-corrected chi connectivity index (χ3v) is 5.44. The van der Waals surface area contributed by atoms with Gasteiger partial charge in [-0.3, -0.25) is 9.69 Å². The van der Waals surface area contributed by atoms with Crippen LogP contribution < -0.4 is 0 Å². The van der Waals surface area contributed by atoms with Crippen molar-refractivity contribution in [3.8, 4) is 0 Å². The number of aryl methyl sites for hydroxylation is 2. The van der Waals surface area contributed by atoms with Gasteiger partial charge in [0.1, 0.15) is 5.78 Å². The van der Waals surface area contributed by atoms with E-state index in [0.717, 1.165) is 32.4 Å². The minimum atomic E-state index is 0.313. The predicted octanol–water partition coefficient (Wildman–Crippen LogP) is 4.03. The number of nitrogens with zero attached hydrogens (tertiary/aromatic N) is 1. The Morgan fingerprint density at radius 2 is 1.95 bits per heavy atom. The Balaban J connectivity index is 1.71. The molecule has 1 aromatic carbocycles. The van der Waals surface area contributed by atoms with Crippen LogP contribution in [0.5, 0.6) is 0 Å². The second-order valence-corrected chi connectivity index (χ2v) is 6.92. The molecule has 21 heavy (non-hydrogen) atoms. The molecule has 2 fully saturated rings. The first-order valence-electron chi connectivity index (χ1n) is 8.48. The highest BCUT2D eigenvalue weighted by atomic mass is 16.1. The summed E-state index contributed by atoms with van der Waals surface area (Å²) >= 11 is 0. The molecular formula is C19H27NO. The molecule has 1 saturated heterocycles. The third kappa shape index (κ3) is 3.21. The number of rotatable bonds is 3. The fraction of sp³-hybridized carbons (Fsp3) is 0.632. The lowest BCUT2D eigenvalue weighted by Crippen LogP contribution is -2.40. The van der Waals surface area contributed by atoms with E-state index in [4.69, 9.17) is 0 Å². The summed E-state index contributed by atoms with van der Waals surface area (Å²) in [5, 5.41) is 0. The zero-order valence-corrected chi connectivity index (χ0v) is 13.4. The van der Waals surface area contributed by atoms with E-state index in [1.54, 1.807) is 0 Å². The average molecular weight is 285 g/mol. The molecule has 0 radical (unpaired) electrons. The molecule has 114 valence electrons. The number of Topliss-reactive ketones (excluding diaryl/α,β-unsaturated/α-hetero) is 1. The van der Waals surface area contributed by atoms with Crippen molar-refractivity contribution >= 4 is 5.78 Å². The number of benzene rings is 1. The molecule has 2 heteroatoms. The van der Waals surface area contributed by atoms with E-state index in [-0.39, 0.29) is 0 Å². The zero-order valence-electron chi connectivity index (χ0n) is 13.4. The summed E-state index contributed by atoms with van der Waals surface area (Å²) in [5.74, 6) is 0.839. The van der Waals surface area contributed by atoms with Crippen LogP contribution in [0.25, 0.3) is 0 Å². The molecule has 0 spiro atoms. The summed E-state index contributed by atoms with van der Waals surface area (Å²) in [5.41, 5.74) is 4.13. The Bertz CT molecular complexity index is 522. The summed E-state index contributed by atoms with van der Waals surface area (Å²) in [6.45, 7) is 6.51. The molecule has 1 heterocycles. The van der Waals surface area contributed by atoms with Crippen molar-refractivity contribution < 1.29 is 4.79 Å². The van der Waals surface area contributed by atoms with Gasteiger partial charge in [0.25, 0.3) is 0 Å². The Morgan fingerprint density at radius 3 is 2.71 bits per heavy atom. The second kappa shape index (κ2) is 6.31. The van der Waals surface area contributed by atoms with Crippen LogP contribution in [0.1, 0.15) is 55.2 Å². The molecule has 1 saturated carbocycles. The van der Waals surface area contributed by atoms with E-state index in [0.29, 0.717) is 17.7 Å². The molecule has 2 nitrogen and oxygen atoms in total. The number of likely N-dealkylation sites (tertiary alicyclic amines) is 1. The molecule has 0 bridgehead atoms. The van der Waals surface area contributed by atoms with Gasteiger partial charge < -0.3 is 0 Å². The van der Waals surface area contributed by atoms with Gasteiger partial charge in [0, 0.05) is 24.9 Å².